The van der Waals surface area contributed by atoms with Gasteiger partial charge in [0.25, 0.3) is 0 Å². The molecule has 0 radical (unpaired) electrons. The van der Waals surface area contributed by atoms with Crippen LogP contribution >= 0.6 is 0 Å². The molecule has 0 bridgehead atoms. The van der Waals surface area contributed by atoms with Crippen LogP contribution in [0, 0.1) is 17.3 Å². The van der Waals surface area contributed by atoms with Gasteiger partial charge in [0.15, 0.2) is 0 Å². The van der Waals surface area contributed by atoms with Crippen molar-refractivity contribution < 1.29 is 13.2 Å². The fraction of sp³-hybridized carbons (Fsp3) is 0.739. The number of ether oxygens (including phenoxy) is 1. The van der Waals surface area contributed by atoms with Gasteiger partial charge in [0.1, 0.15) is 0 Å². The Bertz CT molecular complexity index is 854. The van der Waals surface area contributed by atoms with E-state index in [-0.39, 0.29) is 5.75 Å². The molecular formula is C23H36N2O3S. The van der Waals surface area contributed by atoms with Crippen LogP contribution in [-0.2, 0) is 26.9 Å². The summed E-state index contributed by atoms with van der Waals surface area (Å²) in [5.41, 5.74) is 3.92. The molecule has 0 heterocycles. The molecule has 1 aromatic carbocycles. The fourth-order valence-corrected chi connectivity index (χ4v) is 7.21. The van der Waals surface area contributed by atoms with Crippen molar-refractivity contribution in [3.8, 4) is 0 Å². The highest BCUT2D eigenvalue weighted by atomic mass is 32.2. The van der Waals surface area contributed by atoms with E-state index in [9.17, 15) is 8.42 Å². The molecule has 0 saturated heterocycles. The van der Waals surface area contributed by atoms with Crippen LogP contribution in [0.5, 0.6) is 0 Å². The third kappa shape index (κ3) is 4.27. The average Bonchev–Trinajstić information content (AvgIpc) is 2.96. The summed E-state index contributed by atoms with van der Waals surface area (Å²) in [6, 6.07) is 6.25. The van der Waals surface area contributed by atoms with Crippen LogP contribution in [0.4, 0.5) is 0 Å². The van der Waals surface area contributed by atoms with Gasteiger partial charge in [0.05, 0.1) is 18.5 Å². The monoisotopic (exact) mass is 420 g/mol. The van der Waals surface area contributed by atoms with E-state index in [1.807, 2.05) is 6.07 Å². The second kappa shape index (κ2) is 7.95. The van der Waals surface area contributed by atoms with E-state index in [1.165, 1.54) is 43.2 Å². The average molecular weight is 421 g/mol. The summed E-state index contributed by atoms with van der Waals surface area (Å²) in [7, 11) is 0.714. The Morgan fingerprint density at radius 3 is 2.72 bits per heavy atom. The van der Waals surface area contributed by atoms with Crippen LogP contribution in [0.1, 0.15) is 61.6 Å². The van der Waals surface area contributed by atoms with E-state index in [0.29, 0.717) is 17.4 Å². The van der Waals surface area contributed by atoms with Crippen LogP contribution in [-0.4, -0.2) is 46.7 Å². The molecule has 0 amide bonds. The maximum Gasteiger partial charge on any atom is 0.213 e. The minimum absolute atomic E-state index is 0.0684. The van der Waals surface area contributed by atoms with Gasteiger partial charge in [-0.1, -0.05) is 25.1 Å². The number of sulfonamides is 1. The topological polar surface area (TPSA) is 72.6 Å². The Hall–Kier alpha value is -0.950. The Labute approximate surface area is 176 Å². The molecule has 2 fully saturated rings. The number of benzene rings is 1. The number of nitrogens with zero attached hydrogens (tertiary/aromatic N) is 1. The molecule has 3 aliphatic carbocycles. The van der Waals surface area contributed by atoms with Crippen molar-refractivity contribution in [2.75, 3.05) is 27.2 Å². The number of likely N-dealkylation sites (N-methyl/N-ethyl adjacent to an activating group) is 1. The molecule has 162 valence electrons. The lowest BCUT2D eigenvalue weighted by Crippen LogP contribution is -2.45. The molecule has 4 rings (SSSR count). The van der Waals surface area contributed by atoms with Gasteiger partial charge >= 0.3 is 0 Å². The normalized spacial score (nSPS) is 34.0. The van der Waals surface area contributed by atoms with Gasteiger partial charge in [0.2, 0.25) is 10.0 Å². The van der Waals surface area contributed by atoms with Crippen molar-refractivity contribution in [1.82, 2.24) is 4.90 Å². The number of nitrogens with two attached hydrogens (primary N) is 1. The second-order valence-corrected chi connectivity index (χ2v) is 11.7. The Morgan fingerprint density at radius 1 is 1.21 bits per heavy atom. The summed E-state index contributed by atoms with van der Waals surface area (Å²) >= 11 is 0. The molecule has 3 aliphatic rings. The zero-order valence-electron chi connectivity index (χ0n) is 18.1. The molecule has 5 atom stereocenters. The third-order valence-corrected chi connectivity index (χ3v) is 8.67. The first-order chi connectivity index (χ1) is 13.7. The number of fused-ring (bicyclic) bond motifs is 5. The Kier molecular flexibility index (Phi) is 5.84. The molecule has 6 heteroatoms. The van der Waals surface area contributed by atoms with Gasteiger partial charge in [0, 0.05) is 6.54 Å². The van der Waals surface area contributed by atoms with E-state index in [4.69, 9.17) is 9.88 Å². The van der Waals surface area contributed by atoms with Crippen LogP contribution in [0.2, 0.25) is 0 Å². The number of primary sulfonamides is 1. The number of hydrogen-bond acceptors (Lipinski definition) is 4. The van der Waals surface area contributed by atoms with E-state index in [1.54, 1.807) is 0 Å². The predicted octanol–water partition coefficient (Wildman–Crippen LogP) is 3.28. The maximum atomic E-state index is 11.5. The lowest BCUT2D eigenvalue weighted by molar-refractivity contribution is -0.0661. The summed E-state index contributed by atoms with van der Waals surface area (Å²) < 4.78 is 29.3. The van der Waals surface area contributed by atoms with E-state index < -0.39 is 10.0 Å². The molecule has 1 aromatic rings. The Balaban J connectivity index is 1.50. The largest absolute Gasteiger partial charge is 0.376 e. The lowest BCUT2D eigenvalue weighted by atomic mass is 9.55. The second-order valence-electron chi connectivity index (χ2n) is 10.0. The first kappa shape index (κ1) is 21.3. The minimum Gasteiger partial charge on any atom is -0.376 e. The summed E-state index contributed by atoms with van der Waals surface area (Å²) in [6.07, 6.45) is 7.57. The highest BCUT2D eigenvalue weighted by molar-refractivity contribution is 7.88. The van der Waals surface area contributed by atoms with Crippen molar-refractivity contribution >= 4 is 10.0 Å². The van der Waals surface area contributed by atoms with Crippen molar-refractivity contribution in [3.63, 3.8) is 0 Å². The van der Waals surface area contributed by atoms with Crippen LogP contribution < -0.4 is 5.14 Å². The third-order valence-electron chi connectivity index (χ3n) is 7.93. The summed E-state index contributed by atoms with van der Waals surface area (Å²) in [5, 5.41) is 5.24. The van der Waals surface area contributed by atoms with Crippen molar-refractivity contribution in [1.29, 1.82) is 0 Å². The zero-order valence-corrected chi connectivity index (χ0v) is 18.9. The highest BCUT2D eigenvalue weighted by Gasteiger charge is 2.55. The zero-order chi connectivity index (χ0) is 20.8. The molecular weight excluding hydrogens is 384 g/mol. The SMILES string of the molecule is CN(C)CCO[C@H]1CCC2C3CCc4cc(CS(N)(=O)=O)ccc4C3CCC21C. The van der Waals surface area contributed by atoms with Crippen LogP contribution in [0.25, 0.3) is 0 Å². The molecule has 5 nitrogen and oxygen atoms in total. The molecule has 2 N–H and O–H groups in total. The van der Waals surface area contributed by atoms with E-state index in [2.05, 4.69) is 38.1 Å². The highest BCUT2D eigenvalue weighted by Crippen LogP contribution is 2.61. The molecule has 0 spiro atoms. The van der Waals surface area contributed by atoms with Crippen LogP contribution in [0.3, 0.4) is 0 Å². The molecule has 0 aliphatic heterocycles. The van der Waals surface area contributed by atoms with Crippen molar-refractivity contribution in [2.45, 2.75) is 63.2 Å². The fourth-order valence-electron chi connectivity index (χ4n) is 6.56. The van der Waals surface area contributed by atoms with Gasteiger partial charge in [-0.15, -0.1) is 0 Å². The first-order valence-corrected chi connectivity index (χ1v) is 12.8. The quantitative estimate of drug-likeness (QED) is 0.767. The number of rotatable bonds is 6. The van der Waals surface area contributed by atoms with E-state index >= 15 is 0 Å². The van der Waals surface area contributed by atoms with Crippen molar-refractivity contribution in [3.05, 3.63) is 34.9 Å². The van der Waals surface area contributed by atoms with Gasteiger partial charge < -0.3 is 9.64 Å². The number of aryl methyl sites for hydroxylation is 1. The Morgan fingerprint density at radius 2 is 2.00 bits per heavy atom. The van der Waals surface area contributed by atoms with E-state index in [0.717, 1.165) is 37.0 Å². The summed E-state index contributed by atoms with van der Waals surface area (Å²) in [5.74, 6) is 2.01. The molecule has 4 unspecified atom stereocenters. The molecule has 2 saturated carbocycles. The lowest BCUT2D eigenvalue weighted by Gasteiger charge is -2.50. The standard InChI is InChI=1S/C23H36N2O3S/c1-23-11-10-19-18-6-4-16(15-29(24,26)27)14-17(18)5-7-20(19)21(23)8-9-22(23)28-13-12-25(2)3/h4,6,14,19-22H,5,7-13,15H2,1-3H3,(H2,24,26,27)/t19?,20?,21?,22-,23?/m0/s1. The molecule has 0 aromatic heterocycles. The predicted molar refractivity (Wildman–Crippen MR) is 116 cm³/mol. The maximum absolute atomic E-state index is 11.5. The minimum atomic E-state index is -3.48. The number of hydrogen-bond donors (Lipinski definition) is 1. The molecule has 29 heavy (non-hydrogen) atoms. The van der Waals surface area contributed by atoms with Gasteiger partial charge in [-0.3, -0.25) is 0 Å². The van der Waals surface area contributed by atoms with Gasteiger partial charge in [-0.05, 0) is 92.5 Å². The van der Waals surface area contributed by atoms with Crippen molar-refractivity contribution in [2.24, 2.45) is 22.4 Å². The smallest absolute Gasteiger partial charge is 0.213 e. The first-order valence-electron chi connectivity index (χ1n) is 11.1. The van der Waals surface area contributed by atoms with Gasteiger partial charge in [-0.2, -0.15) is 0 Å². The van der Waals surface area contributed by atoms with Gasteiger partial charge in [-0.25, -0.2) is 13.6 Å². The van der Waals surface area contributed by atoms with Crippen LogP contribution in [0.15, 0.2) is 18.2 Å². The summed E-state index contributed by atoms with van der Waals surface area (Å²) in [4.78, 5) is 2.19. The summed E-state index contributed by atoms with van der Waals surface area (Å²) in [6.45, 7) is 4.28.